The predicted molar refractivity (Wildman–Crippen MR) is 104 cm³/mol. The van der Waals surface area contributed by atoms with Gasteiger partial charge in [0.05, 0.1) is 27.5 Å². The number of oxime groups is 1. The van der Waals surface area contributed by atoms with Gasteiger partial charge in [0.1, 0.15) is 6.61 Å². The first-order chi connectivity index (χ1) is 12.4. The summed E-state index contributed by atoms with van der Waals surface area (Å²) in [7, 11) is 4.73. The molecule has 0 aromatic heterocycles. The Balaban J connectivity index is 2.02. The van der Waals surface area contributed by atoms with Crippen LogP contribution in [0.4, 0.5) is 0 Å². The largest absolute Gasteiger partial charge is 0.493 e. The van der Waals surface area contributed by atoms with Crippen LogP contribution in [0.1, 0.15) is 37.5 Å². The molecule has 0 radical (unpaired) electrons. The van der Waals surface area contributed by atoms with Crippen molar-refractivity contribution in [2.45, 2.75) is 32.8 Å². The van der Waals surface area contributed by atoms with Gasteiger partial charge in [-0.3, -0.25) is 0 Å². The van der Waals surface area contributed by atoms with Crippen LogP contribution in [-0.4, -0.2) is 27.5 Å². The number of nitrogens with zero attached hydrogens (tertiary/aromatic N) is 1. The molecule has 2 aromatic carbocycles. The van der Waals surface area contributed by atoms with Gasteiger partial charge in [0.25, 0.3) is 0 Å². The molecule has 0 atom stereocenters. The SMILES string of the molecule is COc1cc(/C=N\OCc2ccc(C(C)(C)C)cc2)cc(OC)c1OC. The average Bonchev–Trinajstić information content (AvgIpc) is 2.63. The monoisotopic (exact) mass is 357 g/mol. The van der Waals surface area contributed by atoms with Crippen LogP contribution in [-0.2, 0) is 16.9 Å². The number of rotatable bonds is 7. The van der Waals surface area contributed by atoms with Gasteiger partial charge < -0.3 is 19.0 Å². The maximum Gasteiger partial charge on any atom is 0.203 e. The lowest BCUT2D eigenvalue weighted by atomic mass is 9.87. The Morgan fingerprint density at radius 2 is 1.46 bits per heavy atom. The molecule has 0 saturated carbocycles. The lowest BCUT2D eigenvalue weighted by Crippen LogP contribution is -2.10. The van der Waals surface area contributed by atoms with Gasteiger partial charge in [0, 0.05) is 5.56 Å². The Labute approximate surface area is 155 Å². The number of hydrogen-bond donors (Lipinski definition) is 0. The molecule has 0 aliphatic rings. The molecule has 0 bridgehead atoms. The second kappa shape index (κ2) is 8.61. The Bertz CT molecular complexity index is 721. The fourth-order valence-corrected chi connectivity index (χ4v) is 2.49. The molecule has 0 amide bonds. The van der Waals surface area contributed by atoms with Crippen LogP contribution in [0.25, 0.3) is 0 Å². The minimum Gasteiger partial charge on any atom is -0.493 e. The Morgan fingerprint density at radius 1 is 0.885 bits per heavy atom. The zero-order chi connectivity index (χ0) is 19.2. The van der Waals surface area contributed by atoms with Gasteiger partial charge in [0.2, 0.25) is 5.75 Å². The van der Waals surface area contributed by atoms with Crippen molar-refractivity contribution < 1.29 is 19.0 Å². The molecule has 2 rings (SSSR count). The first kappa shape index (κ1) is 19.6. The van der Waals surface area contributed by atoms with Crippen molar-refractivity contribution in [2.24, 2.45) is 5.16 Å². The molecule has 0 aliphatic heterocycles. The molecule has 0 fully saturated rings. The zero-order valence-electron chi connectivity index (χ0n) is 16.3. The first-order valence-corrected chi connectivity index (χ1v) is 8.43. The van der Waals surface area contributed by atoms with Crippen LogP contribution in [0.2, 0.25) is 0 Å². The van der Waals surface area contributed by atoms with Crippen molar-refractivity contribution >= 4 is 6.21 Å². The third-order valence-electron chi connectivity index (χ3n) is 4.01. The Hall–Kier alpha value is -2.69. The maximum absolute atomic E-state index is 5.41. The van der Waals surface area contributed by atoms with E-state index in [2.05, 4.69) is 50.2 Å². The van der Waals surface area contributed by atoms with Crippen LogP contribution < -0.4 is 14.2 Å². The molecule has 0 saturated heterocycles. The van der Waals surface area contributed by atoms with E-state index in [0.717, 1.165) is 11.1 Å². The molecular weight excluding hydrogens is 330 g/mol. The molecule has 0 aliphatic carbocycles. The van der Waals surface area contributed by atoms with Gasteiger partial charge in [0.15, 0.2) is 11.5 Å². The lowest BCUT2D eigenvalue weighted by Gasteiger charge is -2.18. The van der Waals surface area contributed by atoms with E-state index in [9.17, 15) is 0 Å². The van der Waals surface area contributed by atoms with Gasteiger partial charge >= 0.3 is 0 Å². The minimum atomic E-state index is 0.143. The average molecular weight is 357 g/mol. The van der Waals surface area contributed by atoms with E-state index in [0.29, 0.717) is 23.9 Å². The van der Waals surface area contributed by atoms with Crippen LogP contribution >= 0.6 is 0 Å². The summed E-state index contributed by atoms with van der Waals surface area (Å²) in [5.74, 6) is 1.70. The Kier molecular flexibility index (Phi) is 6.50. The molecule has 0 spiro atoms. The van der Waals surface area contributed by atoms with E-state index < -0.39 is 0 Å². The summed E-state index contributed by atoms with van der Waals surface area (Å²) in [6, 6.07) is 12.0. The molecule has 0 N–H and O–H groups in total. The quantitative estimate of drug-likeness (QED) is 0.538. The van der Waals surface area contributed by atoms with Crippen molar-refractivity contribution in [3.05, 3.63) is 53.1 Å². The molecule has 5 heteroatoms. The van der Waals surface area contributed by atoms with E-state index in [4.69, 9.17) is 19.0 Å². The molecule has 2 aromatic rings. The second-order valence-corrected chi connectivity index (χ2v) is 6.91. The first-order valence-electron chi connectivity index (χ1n) is 8.43. The highest BCUT2D eigenvalue weighted by Gasteiger charge is 2.13. The molecule has 0 heterocycles. The zero-order valence-corrected chi connectivity index (χ0v) is 16.3. The van der Waals surface area contributed by atoms with Crippen molar-refractivity contribution in [3.63, 3.8) is 0 Å². The van der Waals surface area contributed by atoms with Crippen molar-refractivity contribution in [1.29, 1.82) is 0 Å². The molecule has 0 unspecified atom stereocenters. The van der Waals surface area contributed by atoms with E-state index in [1.54, 1.807) is 27.5 Å². The molecular formula is C21H27NO4. The number of benzene rings is 2. The van der Waals surface area contributed by atoms with E-state index in [-0.39, 0.29) is 5.41 Å². The fourth-order valence-electron chi connectivity index (χ4n) is 2.49. The highest BCUT2D eigenvalue weighted by molar-refractivity contribution is 5.82. The standard InChI is InChI=1S/C21H27NO4/c1-21(2,3)17-9-7-15(8-10-17)14-26-22-13-16-11-18(23-4)20(25-6)19(12-16)24-5/h7-13H,14H2,1-6H3/b22-13-. The summed E-state index contributed by atoms with van der Waals surface area (Å²) in [6.07, 6.45) is 1.62. The topological polar surface area (TPSA) is 49.3 Å². The number of hydrogen-bond acceptors (Lipinski definition) is 5. The van der Waals surface area contributed by atoms with Crippen molar-refractivity contribution in [2.75, 3.05) is 21.3 Å². The predicted octanol–water partition coefficient (Wildman–Crippen LogP) is 4.56. The smallest absolute Gasteiger partial charge is 0.203 e. The van der Waals surface area contributed by atoms with Crippen LogP contribution in [0.15, 0.2) is 41.6 Å². The van der Waals surface area contributed by atoms with E-state index in [1.165, 1.54) is 5.56 Å². The minimum absolute atomic E-state index is 0.143. The summed E-state index contributed by atoms with van der Waals surface area (Å²) in [4.78, 5) is 5.41. The molecule has 26 heavy (non-hydrogen) atoms. The van der Waals surface area contributed by atoms with Gasteiger partial charge in [-0.05, 0) is 28.7 Å². The molecule has 5 nitrogen and oxygen atoms in total. The highest BCUT2D eigenvalue weighted by Crippen LogP contribution is 2.37. The van der Waals surface area contributed by atoms with Crippen molar-refractivity contribution in [1.82, 2.24) is 0 Å². The van der Waals surface area contributed by atoms with E-state index >= 15 is 0 Å². The third-order valence-corrected chi connectivity index (χ3v) is 4.01. The summed E-state index contributed by atoms with van der Waals surface area (Å²) in [5, 5.41) is 4.04. The van der Waals surface area contributed by atoms with Crippen LogP contribution in [0.5, 0.6) is 17.2 Å². The van der Waals surface area contributed by atoms with Crippen LogP contribution in [0.3, 0.4) is 0 Å². The third kappa shape index (κ3) is 4.91. The summed E-state index contributed by atoms with van der Waals surface area (Å²) < 4.78 is 16.0. The highest BCUT2D eigenvalue weighted by atomic mass is 16.6. The van der Waals surface area contributed by atoms with Gasteiger partial charge in [-0.15, -0.1) is 0 Å². The van der Waals surface area contributed by atoms with Gasteiger partial charge in [-0.1, -0.05) is 50.2 Å². The summed E-state index contributed by atoms with van der Waals surface area (Å²) >= 11 is 0. The molecule has 140 valence electrons. The Morgan fingerprint density at radius 3 is 1.92 bits per heavy atom. The lowest BCUT2D eigenvalue weighted by molar-refractivity contribution is 0.132. The van der Waals surface area contributed by atoms with E-state index in [1.807, 2.05) is 12.1 Å². The summed E-state index contributed by atoms with van der Waals surface area (Å²) in [6.45, 7) is 6.99. The van der Waals surface area contributed by atoms with Crippen LogP contribution in [0, 0.1) is 0 Å². The van der Waals surface area contributed by atoms with Gasteiger partial charge in [-0.2, -0.15) is 0 Å². The number of ether oxygens (including phenoxy) is 3. The van der Waals surface area contributed by atoms with Crippen molar-refractivity contribution in [3.8, 4) is 17.2 Å². The summed E-state index contributed by atoms with van der Waals surface area (Å²) in [5.41, 5.74) is 3.30. The second-order valence-electron chi connectivity index (χ2n) is 6.91. The van der Waals surface area contributed by atoms with Gasteiger partial charge in [-0.25, -0.2) is 0 Å². The fraction of sp³-hybridized carbons (Fsp3) is 0.381. The normalized spacial score (nSPS) is 11.5. The maximum atomic E-state index is 5.41. The number of methoxy groups -OCH3 is 3.